The van der Waals surface area contributed by atoms with E-state index in [0.29, 0.717) is 12.1 Å². The van der Waals surface area contributed by atoms with Gasteiger partial charge in [-0.1, -0.05) is 12.1 Å². The van der Waals surface area contributed by atoms with Gasteiger partial charge in [0.1, 0.15) is 5.82 Å². The zero-order valence-electron chi connectivity index (χ0n) is 12.0. The molecule has 0 aliphatic rings. The second-order valence-corrected chi connectivity index (χ2v) is 4.76. The van der Waals surface area contributed by atoms with Crippen molar-refractivity contribution in [2.24, 2.45) is 0 Å². The third kappa shape index (κ3) is 3.37. The fraction of sp³-hybridized carbons (Fsp3) is 0.250. The van der Waals surface area contributed by atoms with Crippen LogP contribution in [0.15, 0.2) is 47.4 Å². The Bertz CT molecular complexity index is 659. The van der Waals surface area contributed by atoms with Crippen molar-refractivity contribution in [3.8, 4) is 0 Å². The molecule has 1 aromatic heterocycles. The molecule has 0 saturated carbocycles. The van der Waals surface area contributed by atoms with Crippen molar-refractivity contribution in [2.75, 3.05) is 6.54 Å². The Morgan fingerprint density at radius 1 is 1.24 bits per heavy atom. The van der Waals surface area contributed by atoms with E-state index in [0.717, 1.165) is 5.56 Å². The Labute approximate surface area is 122 Å². The van der Waals surface area contributed by atoms with Gasteiger partial charge in [-0.2, -0.15) is 0 Å². The van der Waals surface area contributed by atoms with Gasteiger partial charge < -0.3 is 9.88 Å². The van der Waals surface area contributed by atoms with Gasteiger partial charge in [0.05, 0.1) is 11.6 Å². The number of nitrogens with zero attached hydrogens (tertiary/aromatic N) is 1. The van der Waals surface area contributed by atoms with Gasteiger partial charge >= 0.3 is 0 Å². The minimum absolute atomic E-state index is 0.175. The lowest BCUT2D eigenvalue weighted by atomic mass is 10.1. The Morgan fingerprint density at radius 3 is 2.43 bits per heavy atom. The summed E-state index contributed by atoms with van der Waals surface area (Å²) >= 11 is 0. The number of halogens is 1. The van der Waals surface area contributed by atoms with Crippen molar-refractivity contribution in [1.82, 2.24) is 9.88 Å². The number of hydrogen-bond donors (Lipinski definition) is 1. The summed E-state index contributed by atoms with van der Waals surface area (Å²) in [6.07, 6.45) is 1.41. The summed E-state index contributed by atoms with van der Waals surface area (Å²) in [7, 11) is 0. The van der Waals surface area contributed by atoms with E-state index < -0.39 is 0 Å². The highest BCUT2D eigenvalue weighted by Gasteiger charge is 2.21. The number of aromatic nitrogens is 1. The van der Waals surface area contributed by atoms with Gasteiger partial charge in [0.25, 0.3) is 5.91 Å². The van der Waals surface area contributed by atoms with Gasteiger partial charge in [-0.25, -0.2) is 4.39 Å². The number of hydrogen-bond acceptors (Lipinski definition) is 2. The van der Waals surface area contributed by atoms with E-state index in [9.17, 15) is 14.0 Å². The predicted molar refractivity (Wildman–Crippen MR) is 78.6 cm³/mol. The highest BCUT2D eigenvalue weighted by molar-refractivity contribution is 5.94. The monoisotopic (exact) mass is 288 g/mol. The fourth-order valence-electron chi connectivity index (χ4n) is 2.22. The molecule has 4 nitrogen and oxygen atoms in total. The van der Waals surface area contributed by atoms with Crippen molar-refractivity contribution in [3.63, 3.8) is 0 Å². The van der Waals surface area contributed by atoms with Crippen LogP contribution in [-0.4, -0.2) is 22.3 Å². The van der Waals surface area contributed by atoms with Crippen molar-refractivity contribution in [2.45, 2.75) is 19.9 Å². The molecule has 5 heteroatoms. The van der Waals surface area contributed by atoms with E-state index in [2.05, 4.69) is 4.98 Å². The Hall–Kier alpha value is -2.43. The maximum absolute atomic E-state index is 13.0. The van der Waals surface area contributed by atoms with Crippen LogP contribution in [0.1, 0.15) is 35.8 Å². The lowest BCUT2D eigenvalue weighted by molar-refractivity contribution is 0.0702. The number of pyridine rings is 1. The molecule has 21 heavy (non-hydrogen) atoms. The van der Waals surface area contributed by atoms with E-state index in [1.165, 1.54) is 30.5 Å². The molecule has 2 aromatic rings. The first-order chi connectivity index (χ1) is 10.0. The number of carbonyl (C=O) groups excluding carboxylic acids is 1. The lowest BCUT2D eigenvalue weighted by Crippen LogP contribution is -2.33. The molecule has 1 N–H and O–H groups in total. The van der Waals surface area contributed by atoms with Gasteiger partial charge in [0.15, 0.2) is 0 Å². The third-order valence-electron chi connectivity index (χ3n) is 3.45. The van der Waals surface area contributed by atoms with E-state index in [4.69, 9.17) is 0 Å². The summed E-state index contributed by atoms with van der Waals surface area (Å²) in [5.41, 5.74) is 1.03. The van der Waals surface area contributed by atoms with Gasteiger partial charge in [0, 0.05) is 18.8 Å². The van der Waals surface area contributed by atoms with Crippen LogP contribution >= 0.6 is 0 Å². The lowest BCUT2D eigenvalue weighted by Gasteiger charge is -2.28. The smallest absolute Gasteiger partial charge is 0.255 e. The topological polar surface area (TPSA) is 53.2 Å². The second kappa shape index (κ2) is 6.35. The van der Waals surface area contributed by atoms with E-state index in [1.54, 1.807) is 17.0 Å². The average Bonchev–Trinajstić information content (AvgIpc) is 2.49. The normalized spacial score (nSPS) is 12.0. The molecule has 2 rings (SSSR count). The van der Waals surface area contributed by atoms with Gasteiger partial charge in [0.2, 0.25) is 5.56 Å². The van der Waals surface area contributed by atoms with E-state index >= 15 is 0 Å². The minimum atomic E-state index is -0.305. The maximum atomic E-state index is 13.0. The SMILES string of the molecule is CCN(C(=O)c1ccc(=O)[nH]c1)C(C)c1ccc(F)cc1. The number of amides is 1. The molecule has 0 aliphatic carbocycles. The van der Waals surface area contributed by atoms with Gasteiger partial charge in [-0.3, -0.25) is 9.59 Å². The van der Waals surface area contributed by atoms with Crippen LogP contribution < -0.4 is 5.56 Å². The number of nitrogens with one attached hydrogen (secondary N) is 1. The average molecular weight is 288 g/mol. The zero-order chi connectivity index (χ0) is 15.4. The van der Waals surface area contributed by atoms with E-state index in [-0.39, 0.29) is 23.3 Å². The number of carbonyl (C=O) groups is 1. The van der Waals surface area contributed by atoms with Crippen molar-refractivity contribution >= 4 is 5.91 Å². The number of rotatable bonds is 4. The molecule has 0 spiro atoms. The molecule has 1 unspecified atom stereocenters. The van der Waals surface area contributed by atoms with Crippen LogP contribution in [0.2, 0.25) is 0 Å². The summed E-state index contributed by atoms with van der Waals surface area (Å²) in [5.74, 6) is -0.480. The summed E-state index contributed by atoms with van der Waals surface area (Å²) in [6.45, 7) is 4.28. The summed E-state index contributed by atoms with van der Waals surface area (Å²) in [6, 6.07) is 8.74. The standard InChI is InChI=1S/C16H17FN2O2/c1-3-19(11(2)12-4-7-14(17)8-5-12)16(21)13-6-9-15(20)18-10-13/h4-11H,3H2,1-2H3,(H,18,20). The number of H-pyrrole nitrogens is 1. The Balaban J connectivity index is 2.25. The molecule has 0 saturated heterocycles. The highest BCUT2D eigenvalue weighted by Crippen LogP contribution is 2.22. The molecule has 0 fully saturated rings. The fourth-order valence-corrected chi connectivity index (χ4v) is 2.22. The van der Waals surface area contributed by atoms with Crippen LogP contribution in [0.25, 0.3) is 0 Å². The molecule has 1 heterocycles. The number of aromatic amines is 1. The van der Waals surface area contributed by atoms with Crippen LogP contribution in [0.5, 0.6) is 0 Å². The molecule has 110 valence electrons. The Morgan fingerprint density at radius 2 is 1.90 bits per heavy atom. The first-order valence-electron chi connectivity index (χ1n) is 6.78. The molecule has 0 aliphatic heterocycles. The first-order valence-corrected chi connectivity index (χ1v) is 6.78. The molecule has 0 bridgehead atoms. The van der Waals surface area contributed by atoms with E-state index in [1.807, 2.05) is 13.8 Å². The zero-order valence-corrected chi connectivity index (χ0v) is 12.0. The number of benzene rings is 1. The van der Waals surface area contributed by atoms with Crippen LogP contribution in [0.3, 0.4) is 0 Å². The molecular formula is C16H17FN2O2. The largest absolute Gasteiger partial charge is 0.332 e. The highest BCUT2D eigenvalue weighted by atomic mass is 19.1. The first kappa shape index (κ1) is 15.0. The van der Waals surface area contributed by atoms with Crippen molar-refractivity contribution in [1.29, 1.82) is 0 Å². The quantitative estimate of drug-likeness (QED) is 0.940. The summed E-state index contributed by atoms with van der Waals surface area (Å²) < 4.78 is 13.0. The van der Waals surface area contributed by atoms with Crippen LogP contribution in [-0.2, 0) is 0 Å². The second-order valence-electron chi connectivity index (χ2n) is 4.76. The third-order valence-corrected chi connectivity index (χ3v) is 3.45. The van der Waals surface area contributed by atoms with Gasteiger partial charge in [-0.05, 0) is 37.6 Å². The van der Waals surface area contributed by atoms with Crippen LogP contribution in [0, 0.1) is 5.82 Å². The Kier molecular flexibility index (Phi) is 4.52. The van der Waals surface area contributed by atoms with Crippen molar-refractivity contribution in [3.05, 3.63) is 69.9 Å². The molecule has 1 amide bonds. The summed E-state index contributed by atoms with van der Waals surface area (Å²) in [5, 5.41) is 0. The summed E-state index contributed by atoms with van der Waals surface area (Å²) in [4.78, 5) is 27.7. The van der Waals surface area contributed by atoms with Crippen molar-refractivity contribution < 1.29 is 9.18 Å². The molecular weight excluding hydrogens is 271 g/mol. The predicted octanol–water partition coefficient (Wildman–Crippen LogP) is 2.74. The van der Waals surface area contributed by atoms with Crippen LogP contribution in [0.4, 0.5) is 4.39 Å². The van der Waals surface area contributed by atoms with Gasteiger partial charge in [-0.15, -0.1) is 0 Å². The molecule has 1 atom stereocenters. The molecule has 0 radical (unpaired) electrons. The molecule has 1 aromatic carbocycles. The minimum Gasteiger partial charge on any atom is -0.332 e. The maximum Gasteiger partial charge on any atom is 0.255 e.